The van der Waals surface area contributed by atoms with Gasteiger partial charge in [0.15, 0.2) is 0 Å². The smallest absolute Gasteiger partial charge is 0.244 e. The van der Waals surface area contributed by atoms with Crippen LogP contribution in [-0.4, -0.2) is 44.1 Å². The number of aryl methyl sites for hydroxylation is 1. The van der Waals surface area contributed by atoms with E-state index in [0.717, 1.165) is 34.0 Å². The average molecular weight is 431 g/mol. The Morgan fingerprint density at radius 2 is 1.97 bits per heavy atom. The number of pyridine rings is 1. The lowest BCUT2D eigenvalue weighted by atomic mass is 10.1. The summed E-state index contributed by atoms with van der Waals surface area (Å²) in [6.45, 7) is 4.73. The molecule has 0 bridgehead atoms. The van der Waals surface area contributed by atoms with Gasteiger partial charge in [0.1, 0.15) is 11.8 Å². The van der Waals surface area contributed by atoms with E-state index >= 15 is 0 Å². The predicted octanol–water partition coefficient (Wildman–Crippen LogP) is 3.50. The minimum atomic E-state index is -0.383. The number of aromatic nitrogens is 5. The number of nitrogens with zero attached hydrogens (tertiary/aromatic N) is 5. The van der Waals surface area contributed by atoms with Gasteiger partial charge in [-0.3, -0.25) is 19.1 Å². The summed E-state index contributed by atoms with van der Waals surface area (Å²) in [6, 6.07) is 15.2. The van der Waals surface area contributed by atoms with Crippen LogP contribution in [0.3, 0.4) is 0 Å². The Labute approximate surface area is 186 Å². The number of carbonyl (C=O) groups excluding carboxylic acids is 1. The molecule has 8 nitrogen and oxygen atoms in total. The van der Waals surface area contributed by atoms with Crippen LogP contribution in [0.1, 0.15) is 18.7 Å². The lowest BCUT2D eigenvalue weighted by Gasteiger charge is -2.15. The van der Waals surface area contributed by atoms with E-state index in [1.54, 1.807) is 30.4 Å². The van der Waals surface area contributed by atoms with Gasteiger partial charge in [0.2, 0.25) is 5.91 Å². The van der Waals surface area contributed by atoms with E-state index < -0.39 is 0 Å². The lowest BCUT2D eigenvalue weighted by Crippen LogP contribution is -2.34. The van der Waals surface area contributed by atoms with Crippen molar-refractivity contribution in [1.29, 1.82) is 0 Å². The third-order valence-electron chi connectivity index (χ3n) is 5.34. The highest BCUT2D eigenvalue weighted by molar-refractivity contribution is 5.79. The first kappa shape index (κ1) is 21.3. The number of nitrogens with one attached hydrogen (secondary N) is 1. The summed E-state index contributed by atoms with van der Waals surface area (Å²) in [7, 11) is 1.65. The molecule has 4 rings (SSSR count). The molecule has 3 heterocycles. The summed E-state index contributed by atoms with van der Waals surface area (Å²) in [4.78, 5) is 16.8. The maximum Gasteiger partial charge on any atom is 0.244 e. The van der Waals surface area contributed by atoms with Crippen LogP contribution in [0.15, 0.2) is 67.1 Å². The van der Waals surface area contributed by atoms with E-state index in [2.05, 4.69) is 15.4 Å². The summed E-state index contributed by atoms with van der Waals surface area (Å²) >= 11 is 0. The lowest BCUT2D eigenvalue weighted by molar-refractivity contribution is -0.124. The summed E-state index contributed by atoms with van der Waals surface area (Å²) in [5.74, 6) is 0.689. The zero-order valence-corrected chi connectivity index (χ0v) is 18.4. The van der Waals surface area contributed by atoms with Gasteiger partial charge in [-0.05, 0) is 50.2 Å². The maximum atomic E-state index is 12.6. The summed E-state index contributed by atoms with van der Waals surface area (Å²) in [6.07, 6.45) is 5.22. The van der Waals surface area contributed by atoms with Crippen LogP contribution in [0.4, 0.5) is 0 Å². The van der Waals surface area contributed by atoms with Gasteiger partial charge in [-0.15, -0.1) is 0 Å². The van der Waals surface area contributed by atoms with Crippen LogP contribution < -0.4 is 10.1 Å². The molecule has 8 heteroatoms. The van der Waals surface area contributed by atoms with E-state index in [1.807, 2.05) is 67.1 Å². The fourth-order valence-corrected chi connectivity index (χ4v) is 3.59. The maximum absolute atomic E-state index is 12.6. The number of amides is 1. The van der Waals surface area contributed by atoms with Crippen molar-refractivity contribution in [2.75, 3.05) is 13.7 Å². The van der Waals surface area contributed by atoms with Crippen molar-refractivity contribution >= 4 is 5.91 Å². The Balaban J connectivity index is 1.54. The molecule has 0 saturated heterocycles. The molecule has 1 aromatic carbocycles. The molecule has 0 unspecified atom stereocenters. The first-order valence-corrected chi connectivity index (χ1v) is 10.5. The molecule has 4 aromatic rings. The van der Waals surface area contributed by atoms with Gasteiger partial charge >= 0.3 is 0 Å². The number of carbonyl (C=O) groups is 1. The van der Waals surface area contributed by atoms with Gasteiger partial charge in [0.05, 0.1) is 25.0 Å². The molecule has 0 radical (unpaired) electrons. The zero-order chi connectivity index (χ0) is 22.5. The van der Waals surface area contributed by atoms with E-state index in [9.17, 15) is 4.79 Å². The molecule has 1 amide bonds. The summed E-state index contributed by atoms with van der Waals surface area (Å²) in [5, 5.41) is 12.0. The quantitative estimate of drug-likeness (QED) is 0.462. The minimum Gasteiger partial charge on any atom is -0.497 e. The Morgan fingerprint density at radius 3 is 2.69 bits per heavy atom. The van der Waals surface area contributed by atoms with Gasteiger partial charge in [0.25, 0.3) is 0 Å². The van der Waals surface area contributed by atoms with Gasteiger partial charge in [-0.2, -0.15) is 10.2 Å². The van der Waals surface area contributed by atoms with E-state index in [-0.39, 0.29) is 11.9 Å². The third-order valence-corrected chi connectivity index (χ3v) is 5.34. The van der Waals surface area contributed by atoms with Gasteiger partial charge in [-0.25, -0.2) is 0 Å². The van der Waals surface area contributed by atoms with Crippen molar-refractivity contribution in [1.82, 2.24) is 29.9 Å². The molecule has 0 spiro atoms. The fourth-order valence-electron chi connectivity index (χ4n) is 3.59. The molecule has 0 aliphatic rings. The number of ether oxygens (including phenoxy) is 1. The Kier molecular flexibility index (Phi) is 6.30. The monoisotopic (exact) mass is 430 g/mol. The number of hydrogen-bond donors (Lipinski definition) is 1. The van der Waals surface area contributed by atoms with E-state index in [0.29, 0.717) is 13.1 Å². The third kappa shape index (κ3) is 4.54. The molecular formula is C24H26N6O2. The minimum absolute atomic E-state index is 0.0839. The molecule has 0 aliphatic carbocycles. The van der Waals surface area contributed by atoms with Crippen LogP contribution in [-0.2, 0) is 11.3 Å². The number of methoxy groups -OCH3 is 1. The highest BCUT2D eigenvalue weighted by Gasteiger charge is 2.17. The zero-order valence-electron chi connectivity index (χ0n) is 18.4. The fraction of sp³-hybridized carbons (Fsp3) is 0.250. The first-order chi connectivity index (χ1) is 15.6. The first-order valence-electron chi connectivity index (χ1n) is 10.5. The summed E-state index contributed by atoms with van der Waals surface area (Å²) < 4.78 is 9.00. The molecular weight excluding hydrogens is 404 g/mol. The highest BCUT2D eigenvalue weighted by atomic mass is 16.5. The molecule has 1 atom stereocenters. The molecule has 0 saturated carbocycles. The van der Waals surface area contributed by atoms with Crippen molar-refractivity contribution in [2.24, 2.45) is 0 Å². The highest BCUT2D eigenvalue weighted by Crippen LogP contribution is 2.28. The van der Waals surface area contributed by atoms with Crippen molar-refractivity contribution < 1.29 is 9.53 Å². The second kappa shape index (κ2) is 9.47. The molecule has 0 fully saturated rings. The number of rotatable bonds is 8. The predicted molar refractivity (Wildman–Crippen MR) is 122 cm³/mol. The van der Waals surface area contributed by atoms with Crippen LogP contribution in [0.5, 0.6) is 5.75 Å². The topological polar surface area (TPSA) is 86.9 Å². The number of hydrogen-bond acceptors (Lipinski definition) is 5. The van der Waals surface area contributed by atoms with Crippen molar-refractivity contribution in [2.45, 2.75) is 26.4 Å². The number of benzene rings is 1. The molecule has 1 N–H and O–H groups in total. The Hall–Kier alpha value is -3.94. The standard InChI is InChI=1S/C24H26N6O2/c1-17-9-11-27-30(17)18(2)24(31)26-12-13-29-23(19-6-4-8-21(14-19)32-3)15-22(28-29)20-7-5-10-25-16-20/h4-11,14-16,18H,12-13H2,1-3H3,(H,26,31)/t18-/m0/s1. The van der Waals surface area contributed by atoms with Gasteiger partial charge < -0.3 is 10.1 Å². The summed E-state index contributed by atoms with van der Waals surface area (Å²) in [5.41, 5.74) is 4.62. The van der Waals surface area contributed by atoms with Crippen LogP contribution in [0.2, 0.25) is 0 Å². The molecule has 0 aliphatic heterocycles. The molecule has 3 aromatic heterocycles. The van der Waals surface area contributed by atoms with Crippen molar-refractivity contribution in [3.8, 4) is 28.3 Å². The Morgan fingerprint density at radius 1 is 1.12 bits per heavy atom. The van der Waals surface area contributed by atoms with Crippen LogP contribution >= 0.6 is 0 Å². The largest absolute Gasteiger partial charge is 0.497 e. The average Bonchev–Trinajstić information content (AvgIpc) is 3.45. The van der Waals surface area contributed by atoms with Crippen LogP contribution in [0, 0.1) is 6.92 Å². The molecule has 32 heavy (non-hydrogen) atoms. The van der Waals surface area contributed by atoms with Crippen LogP contribution in [0.25, 0.3) is 22.5 Å². The normalized spacial score (nSPS) is 11.8. The van der Waals surface area contributed by atoms with Gasteiger partial charge in [-0.1, -0.05) is 12.1 Å². The second-order valence-corrected chi connectivity index (χ2v) is 7.50. The van der Waals surface area contributed by atoms with Crippen molar-refractivity contribution in [3.05, 3.63) is 72.8 Å². The van der Waals surface area contributed by atoms with Crippen molar-refractivity contribution in [3.63, 3.8) is 0 Å². The van der Waals surface area contributed by atoms with E-state index in [4.69, 9.17) is 9.84 Å². The van der Waals surface area contributed by atoms with Gasteiger partial charge in [0, 0.05) is 42.0 Å². The molecule has 164 valence electrons. The van der Waals surface area contributed by atoms with E-state index in [1.165, 1.54) is 0 Å². The Bertz CT molecular complexity index is 1200. The SMILES string of the molecule is COc1cccc(-c2cc(-c3cccnc3)nn2CCNC(=O)[C@H](C)n2nccc2C)c1. The second-order valence-electron chi connectivity index (χ2n) is 7.50.